The number of hydrogen-bond acceptors (Lipinski definition) is 6. The fraction of sp³-hybridized carbons (Fsp3) is 0.231. The summed E-state index contributed by atoms with van der Waals surface area (Å²) in [6.07, 6.45) is -4.62. The van der Waals surface area contributed by atoms with Gasteiger partial charge in [0, 0.05) is 6.07 Å². The van der Waals surface area contributed by atoms with E-state index in [1.807, 2.05) is 12.1 Å². The molecule has 0 aliphatic rings. The Morgan fingerprint density at radius 3 is 2.43 bits per heavy atom. The van der Waals surface area contributed by atoms with E-state index >= 15 is 0 Å². The van der Waals surface area contributed by atoms with E-state index in [4.69, 9.17) is 18.6 Å². The summed E-state index contributed by atoms with van der Waals surface area (Å²) in [4.78, 5) is 24.8. The summed E-state index contributed by atoms with van der Waals surface area (Å²) in [6.45, 7) is 3.13. The maximum absolute atomic E-state index is 13.9. The Kier molecular flexibility index (Phi) is 6.68. The molecule has 0 saturated carbocycles. The molecule has 0 unspecified atom stereocenters. The Balaban J connectivity index is 1.82. The highest BCUT2D eigenvalue weighted by molar-refractivity contribution is 5.84. The van der Waals surface area contributed by atoms with E-state index in [1.165, 1.54) is 18.2 Å². The second-order valence-corrected chi connectivity index (χ2v) is 7.60. The van der Waals surface area contributed by atoms with Gasteiger partial charge in [-0.1, -0.05) is 37.3 Å². The largest absolute Gasteiger partial charge is 0.481 e. The van der Waals surface area contributed by atoms with Crippen LogP contribution < -0.4 is 14.9 Å². The van der Waals surface area contributed by atoms with E-state index in [9.17, 15) is 22.8 Å². The number of ether oxygens (including phenoxy) is 3. The lowest BCUT2D eigenvalue weighted by Gasteiger charge is -2.15. The van der Waals surface area contributed by atoms with Gasteiger partial charge < -0.3 is 18.6 Å². The predicted molar refractivity (Wildman–Crippen MR) is 123 cm³/mol. The Hall–Kier alpha value is -4.01. The third-order valence-electron chi connectivity index (χ3n) is 5.26. The molecule has 0 spiro atoms. The van der Waals surface area contributed by atoms with E-state index in [0.717, 1.165) is 10.8 Å². The zero-order chi connectivity index (χ0) is 25.2. The van der Waals surface area contributed by atoms with Crippen LogP contribution in [0, 0.1) is 0 Å². The van der Waals surface area contributed by atoms with Crippen LogP contribution in [0.15, 0.2) is 63.8 Å². The first-order chi connectivity index (χ1) is 16.7. The van der Waals surface area contributed by atoms with Gasteiger partial charge >= 0.3 is 12.1 Å². The topological polar surface area (TPSA) is 75.0 Å². The van der Waals surface area contributed by atoms with Crippen LogP contribution >= 0.6 is 0 Å². The minimum absolute atomic E-state index is 0.0611. The lowest BCUT2D eigenvalue weighted by Crippen LogP contribution is -2.17. The van der Waals surface area contributed by atoms with E-state index < -0.39 is 35.7 Å². The third-order valence-corrected chi connectivity index (χ3v) is 5.26. The number of carbonyl (C=O) groups is 1. The van der Waals surface area contributed by atoms with Gasteiger partial charge in [0.15, 0.2) is 6.61 Å². The van der Waals surface area contributed by atoms with Crippen LogP contribution in [0.5, 0.6) is 17.2 Å². The smallest absolute Gasteiger partial charge is 0.453 e. The molecule has 35 heavy (non-hydrogen) atoms. The molecule has 0 saturated heterocycles. The highest BCUT2D eigenvalue weighted by Gasteiger charge is 2.40. The molecule has 1 heterocycles. The number of hydrogen-bond donors (Lipinski definition) is 0. The van der Waals surface area contributed by atoms with Crippen molar-refractivity contribution in [1.29, 1.82) is 0 Å². The van der Waals surface area contributed by atoms with E-state index in [2.05, 4.69) is 0 Å². The van der Waals surface area contributed by atoms with Crippen molar-refractivity contribution >= 4 is 27.7 Å². The molecule has 3 aromatic carbocycles. The Labute approximate surface area is 197 Å². The lowest BCUT2D eigenvalue weighted by atomic mass is 10.1. The predicted octanol–water partition coefficient (Wildman–Crippen LogP) is 6.26. The third kappa shape index (κ3) is 5.08. The second-order valence-electron chi connectivity index (χ2n) is 7.60. The van der Waals surface area contributed by atoms with Gasteiger partial charge in [0.05, 0.1) is 12.0 Å². The molecule has 1 aromatic heterocycles. The molecule has 6 nitrogen and oxygen atoms in total. The highest BCUT2D eigenvalue weighted by Crippen LogP contribution is 2.39. The van der Waals surface area contributed by atoms with Gasteiger partial charge in [-0.2, -0.15) is 13.2 Å². The number of alkyl halides is 3. The van der Waals surface area contributed by atoms with Gasteiger partial charge in [0.25, 0.3) is 5.76 Å². The van der Waals surface area contributed by atoms with E-state index in [1.54, 1.807) is 38.1 Å². The molecule has 9 heteroatoms. The molecule has 0 atom stereocenters. The molecular formula is C26H21F3O6. The average molecular weight is 486 g/mol. The minimum atomic E-state index is -5.01. The van der Waals surface area contributed by atoms with Crippen molar-refractivity contribution in [2.75, 3.05) is 13.2 Å². The monoisotopic (exact) mass is 486 g/mol. The second kappa shape index (κ2) is 9.69. The van der Waals surface area contributed by atoms with Crippen LogP contribution in [-0.2, 0) is 22.1 Å². The first-order valence-corrected chi connectivity index (χ1v) is 10.9. The number of rotatable bonds is 7. The Morgan fingerprint density at radius 1 is 1.00 bits per heavy atom. The summed E-state index contributed by atoms with van der Waals surface area (Å²) in [7, 11) is 0. The normalized spacial score (nSPS) is 11.6. The minimum Gasteiger partial charge on any atom is -0.481 e. The van der Waals surface area contributed by atoms with Crippen LogP contribution in [0.25, 0.3) is 21.7 Å². The molecule has 0 radical (unpaired) electrons. The number of carbonyl (C=O) groups excluding carboxylic acids is 1. The zero-order valence-electron chi connectivity index (χ0n) is 18.9. The van der Waals surface area contributed by atoms with Crippen molar-refractivity contribution in [1.82, 2.24) is 0 Å². The van der Waals surface area contributed by atoms with Gasteiger partial charge in [-0.25, -0.2) is 4.79 Å². The fourth-order valence-electron chi connectivity index (χ4n) is 3.63. The summed E-state index contributed by atoms with van der Waals surface area (Å²) < 4.78 is 62.5. The number of fused-ring (bicyclic) bond motifs is 2. The molecule has 0 fully saturated rings. The molecule has 182 valence electrons. The van der Waals surface area contributed by atoms with Crippen LogP contribution in [0.3, 0.4) is 0 Å². The quantitative estimate of drug-likeness (QED) is 0.287. The van der Waals surface area contributed by atoms with Crippen molar-refractivity contribution < 1.29 is 36.6 Å². The first-order valence-electron chi connectivity index (χ1n) is 10.9. The van der Waals surface area contributed by atoms with Crippen molar-refractivity contribution in [2.45, 2.75) is 26.4 Å². The van der Waals surface area contributed by atoms with Crippen LogP contribution in [0.1, 0.15) is 25.2 Å². The Morgan fingerprint density at radius 2 is 1.74 bits per heavy atom. The maximum atomic E-state index is 13.9. The summed E-state index contributed by atoms with van der Waals surface area (Å²) >= 11 is 0. The molecule has 0 N–H and O–H groups in total. The summed E-state index contributed by atoms with van der Waals surface area (Å²) in [5.41, 5.74) is -0.812. The van der Waals surface area contributed by atoms with Gasteiger partial charge in [0.2, 0.25) is 11.2 Å². The molecule has 4 aromatic rings. The fourth-order valence-corrected chi connectivity index (χ4v) is 3.63. The van der Waals surface area contributed by atoms with E-state index in [-0.39, 0.29) is 29.1 Å². The molecular weight excluding hydrogens is 465 g/mol. The SMILES string of the molecule is CCOC(=O)COc1cc2oc(C(F)(F)F)c(Oc3ccc4ccccc4c3)c(=O)c2cc1CC. The highest BCUT2D eigenvalue weighted by atomic mass is 19.4. The van der Waals surface area contributed by atoms with Gasteiger partial charge in [-0.15, -0.1) is 0 Å². The number of benzene rings is 3. The summed E-state index contributed by atoms with van der Waals surface area (Å²) in [5.74, 6) is -2.98. The molecule has 0 aliphatic heterocycles. The summed E-state index contributed by atoms with van der Waals surface area (Å²) in [6, 6.07) is 14.5. The molecule has 4 rings (SSSR count). The molecule has 0 bridgehead atoms. The van der Waals surface area contributed by atoms with Gasteiger partial charge in [-0.05, 0) is 47.9 Å². The van der Waals surface area contributed by atoms with E-state index in [0.29, 0.717) is 12.0 Å². The molecule has 0 amide bonds. The van der Waals surface area contributed by atoms with Crippen molar-refractivity contribution in [3.8, 4) is 17.2 Å². The van der Waals surface area contributed by atoms with Gasteiger partial charge in [0.1, 0.15) is 17.1 Å². The van der Waals surface area contributed by atoms with Crippen LogP contribution in [0.4, 0.5) is 13.2 Å². The average Bonchev–Trinajstić information content (AvgIpc) is 2.83. The standard InChI is InChI=1S/C26H21F3O6/c1-3-15-12-19-21(13-20(15)33-14-22(30)32-4-2)35-25(26(27,28)29)24(23(19)31)34-18-10-9-16-7-5-6-8-17(16)11-18/h5-13H,3-4,14H2,1-2H3. The van der Waals surface area contributed by atoms with Gasteiger partial charge in [-0.3, -0.25) is 4.79 Å². The van der Waals surface area contributed by atoms with Crippen LogP contribution in [-0.4, -0.2) is 19.2 Å². The van der Waals surface area contributed by atoms with Crippen molar-refractivity contribution in [3.63, 3.8) is 0 Å². The maximum Gasteiger partial charge on any atom is 0.453 e. The van der Waals surface area contributed by atoms with Crippen molar-refractivity contribution in [3.05, 3.63) is 76.1 Å². The van der Waals surface area contributed by atoms with Crippen LogP contribution in [0.2, 0.25) is 0 Å². The zero-order valence-corrected chi connectivity index (χ0v) is 18.9. The first kappa shape index (κ1) is 24.1. The number of halogens is 3. The lowest BCUT2D eigenvalue weighted by molar-refractivity contribution is -0.154. The summed E-state index contributed by atoms with van der Waals surface area (Å²) in [5, 5.41) is 1.50. The molecule has 0 aliphatic carbocycles. The Bertz CT molecular complexity index is 1460. The van der Waals surface area contributed by atoms with Crippen molar-refractivity contribution in [2.24, 2.45) is 0 Å². The number of aryl methyl sites for hydroxylation is 1. The number of esters is 1.